The fourth-order valence-corrected chi connectivity index (χ4v) is 2.01. The van der Waals surface area contributed by atoms with E-state index < -0.39 is 0 Å². The molecule has 0 saturated carbocycles. The van der Waals surface area contributed by atoms with Crippen molar-refractivity contribution in [3.63, 3.8) is 0 Å². The van der Waals surface area contributed by atoms with Crippen LogP contribution in [0.15, 0.2) is 12.3 Å². The van der Waals surface area contributed by atoms with Gasteiger partial charge in [-0.3, -0.25) is 4.79 Å². The molecule has 1 aromatic heterocycles. The van der Waals surface area contributed by atoms with Gasteiger partial charge in [0.05, 0.1) is 19.6 Å². The Morgan fingerprint density at radius 2 is 2.44 bits per heavy atom. The maximum atomic E-state index is 11.4. The predicted molar refractivity (Wildman–Crippen MR) is 65.5 cm³/mol. The highest BCUT2D eigenvalue weighted by Crippen LogP contribution is 2.22. The Hall–Kier alpha value is -1.85. The second kappa shape index (κ2) is 5.66. The lowest BCUT2D eigenvalue weighted by Crippen LogP contribution is -2.25. The summed E-state index contributed by atoms with van der Waals surface area (Å²) in [4.78, 5) is 21.9. The standard InChI is InChI=1S/C12H17N3O3/c1-3-18-10-4-6-13-12(14-10)15-7-5-9(8-15)11(16)17-2/h4,6,9H,3,5,7-8H2,1-2H3. The molecule has 0 amide bonds. The van der Waals surface area contributed by atoms with Gasteiger partial charge in [-0.2, -0.15) is 4.98 Å². The van der Waals surface area contributed by atoms with Crippen LogP contribution in [0.4, 0.5) is 5.95 Å². The van der Waals surface area contributed by atoms with Crippen molar-refractivity contribution < 1.29 is 14.3 Å². The van der Waals surface area contributed by atoms with Crippen molar-refractivity contribution in [1.29, 1.82) is 0 Å². The van der Waals surface area contributed by atoms with Crippen LogP contribution in [0.3, 0.4) is 0 Å². The number of nitrogens with zero attached hydrogens (tertiary/aromatic N) is 3. The van der Waals surface area contributed by atoms with Crippen LogP contribution in [-0.4, -0.2) is 42.7 Å². The van der Waals surface area contributed by atoms with Crippen LogP contribution in [0, 0.1) is 5.92 Å². The molecular weight excluding hydrogens is 234 g/mol. The summed E-state index contributed by atoms with van der Waals surface area (Å²) in [6.07, 6.45) is 2.44. The Morgan fingerprint density at radius 3 is 3.17 bits per heavy atom. The van der Waals surface area contributed by atoms with E-state index in [1.54, 1.807) is 12.3 Å². The summed E-state index contributed by atoms with van der Waals surface area (Å²) in [6, 6.07) is 1.72. The molecule has 98 valence electrons. The quantitative estimate of drug-likeness (QED) is 0.740. The van der Waals surface area contributed by atoms with E-state index in [9.17, 15) is 4.79 Å². The lowest BCUT2D eigenvalue weighted by molar-refractivity contribution is -0.144. The number of hydrogen-bond acceptors (Lipinski definition) is 6. The number of hydrogen-bond donors (Lipinski definition) is 0. The molecule has 18 heavy (non-hydrogen) atoms. The lowest BCUT2D eigenvalue weighted by Gasteiger charge is -2.16. The minimum atomic E-state index is -0.168. The van der Waals surface area contributed by atoms with Crippen molar-refractivity contribution in [2.75, 3.05) is 31.7 Å². The van der Waals surface area contributed by atoms with E-state index in [1.807, 2.05) is 11.8 Å². The van der Waals surface area contributed by atoms with Gasteiger partial charge in [0, 0.05) is 25.4 Å². The maximum Gasteiger partial charge on any atom is 0.310 e. The van der Waals surface area contributed by atoms with Crippen molar-refractivity contribution >= 4 is 11.9 Å². The first-order valence-electron chi connectivity index (χ1n) is 6.03. The minimum absolute atomic E-state index is 0.0886. The number of methoxy groups -OCH3 is 1. The second-order valence-corrected chi connectivity index (χ2v) is 4.08. The monoisotopic (exact) mass is 251 g/mol. The lowest BCUT2D eigenvalue weighted by atomic mass is 10.1. The number of rotatable bonds is 4. The second-order valence-electron chi connectivity index (χ2n) is 4.08. The zero-order valence-corrected chi connectivity index (χ0v) is 10.6. The van der Waals surface area contributed by atoms with E-state index in [0.717, 1.165) is 13.0 Å². The number of aromatic nitrogens is 2. The summed E-state index contributed by atoms with van der Waals surface area (Å²) < 4.78 is 10.1. The van der Waals surface area contributed by atoms with E-state index in [2.05, 4.69) is 9.97 Å². The number of esters is 1. The zero-order valence-electron chi connectivity index (χ0n) is 10.6. The SMILES string of the molecule is CCOc1ccnc(N2CCC(C(=O)OC)C2)n1. The van der Waals surface area contributed by atoms with Crippen molar-refractivity contribution in [3.8, 4) is 5.88 Å². The zero-order chi connectivity index (χ0) is 13.0. The summed E-state index contributed by atoms with van der Waals surface area (Å²) in [5.41, 5.74) is 0. The Labute approximate surface area is 106 Å². The average Bonchev–Trinajstić information content (AvgIpc) is 2.88. The Kier molecular flexibility index (Phi) is 3.96. The van der Waals surface area contributed by atoms with Gasteiger partial charge in [-0.25, -0.2) is 4.98 Å². The number of anilines is 1. The van der Waals surface area contributed by atoms with E-state index in [0.29, 0.717) is 25.0 Å². The molecular formula is C12H17N3O3. The minimum Gasteiger partial charge on any atom is -0.478 e. The van der Waals surface area contributed by atoms with Crippen LogP contribution in [-0.2, 0) is 9.53 Å². The third kappa shape index (κ3) is 2.69. The van der Waals surface area contributed by atoms with Gasteiger partial charge in [0.15, 0.2) is 0 Å². The van der Waals surface area contributed by atoms with Gasteiger partial charge in [0.2, 0.25) is 11.8 Å². The largest absolute Gasteiger partial charge is 0.478 e. The molecule has 2 rings (SSSR count). The molecule has 6 heteroatoms. The Morgan fingerprint density at radius 1 is 1.61 bits per heavy atom. The third-order valence-electron chi connectivity index (χ3n) is 2.92. The molecule has 1 aliphatic heterocycles. The number of carbonyl (C=O) groups excluding carboxylic acids is 1. The van der Waals surface area contributed by atoms with Crippen molar-refractivity contribution in [2.24, 2.45) is 5.92 Å². The van der Waals surface area contributed by atoms with Gasteiger partial charge in [0.25, 0.3) is 0 Å². The molecule has 0 spiro atoms. The van der Waals surface area contributed by atoms with E-state index in [1.165, 1.54) is 7.11 Å². The van der Waals surface area contributed by atoms with Crippen LogP contribution in [0.25, 0.3) is 0 Å². The molecule has 1 atom stereocenters. The van der Waals surface area contributed by atoms with Gasteiger partial charge in [-0.1, -0.05) is 0 Å². The number of carbonyl (C=O) groups is 1. The Balaban J connectivity index is 2.04. The summed E-state index contributed by atoms with van der Waals surface area (Å²) in [6.45, 7) is 3.84. The third-order valence-corrected chi connectivity index (χ3v) is 2.92. The summed E-state index contributed by atoms with van der Waals surface area (Å²) in [5, 5.41) is 0. The molecule has 0 aliphatic carbocycles. The summed E-state index contributed by atoms with van der Waals surface area (Å²) in [7, 11) is 1.41. The molecule has 0 bridgehead atoms. The molecule has 2 heterocycles. The highest BCUT2D eigenvalue weighted by molar-refractivity contribution is 5.73. The molecule has 1 aromatic rings. The normalized spacial score (nSPS) is 18.8. The molecule has 1 fully saturated rings. The first-order valence-corrected chi connectivity index (χ1v) is 6.03. The van der Waals surface area contributed by atoms with Crippen LogP contribution in [0.2, 0.25) is 0 Å². The molecule has 0 N–H and O–H groups in total. The van der Waals surface area contributed by atoms with Crippen LogP contribution in [0.5, 0.6) is 5.88 Å². The van der Waals surface area contributed by atoms with E-state index >= 15 is 0 Å². The van der Waals surface area contributed by atoms with Crippen molar-refractivity contribution in [2.45, 2.75) is 13.3 Å². The van der Waals surface area contributed by atoms with Crippen molar-refractivity contribution in [1.82, 2.24) is 9.97 Å². The Bertz CT molecular complexity index is 425. The highest BCUT2D eigenvalue weighted by atomic mass is 16.5. The van der Waals surface area contributed by atoms with Gasteiger partial charge in [-0.15, -0.1) is 0 Å². The topological polar surface area (TPSA) is 64.5 Å². The molecule has 1 unspecified atom stereocenters. The van der Waals surface area contributed by atoms with Gasteiger partial charge in [0.1, 0.15) is 0 Å². The average molecular weight is 251 g/mol. The fraction of sp³-hybridized carbons (Fsp3) is 0.583. The fourth-order valence-electron chi connectivity index (χ4n) is 2.01. The molecule has 6 nitrogen and oxygen atoms in total. The first-order chi connectivity index (χ1) is 8.74. The van der Waals surface area contributed by atoms with Crippen LogP contribution < -0.4 is 9.64 Å². The van der Waals surface area contributed by atoms with Gasteiger partial charge < -0.3 is 14.4 Å². The van der Waals surface area contributed by atoms with Gasteiger partial charge in [-0.05, 0) is 13.3 Å². The highest BCUT2D eigenvalue weighted by Gasteiger charge is 2.30. The summed E-state index contributed by atoms with van der Waals surface area (Å²) in [5.74, 6) is 0.907. The van der Waals surface area contributed by atoms with Gasteiger partial charge >= 0.3 is 5.97 Å². The molecule has 0 aromatic carbocycles. The molecule has 0 radical (unpaired) electrons. The predicted octanol–water partition coefficient (Wildman–Crippen LogP) is 0.875. The molecule has 1 aliphatic rings. The number of ether oxygens (including phenoxy) is 2. The smallest absolute Gasteiger partial charge is 0.310 e. The van der Waals surface area contributed by atoms with E-state index in [-0.39, 0.29) is 11.9 Å². The maximum absolute atomic E-state index is 11.4. The van der Waals surface area contributed by atoms with Crippen LogP contribution in [0.1, 0.15) is 13.3 Å². The molecule has 1 saturated heterocycles. The van der Waals surface area contributed by atoms with E-state index in [4.69, 9.17) is 9.47 Å². The first kappa shape index (κ1) is 12.6. The summed E-state index contributed by atoms with van der Waals surface area (Å²) >= 11 is 0. The van der Waals surface area contributed by atoms with Crippen LogP contribution >= 0.6 is 0 Å². The van der Waals surface area contributed by atoms with Crippen molar-refractivity contribution in [3.05, 3.63) is 12.3 Å².